The van der Waals surface area contributed by atoms with Gasteiger partial charge in [-0.2, -0.15) is 0 Å². The first-order chi connectivity index (χ1) is 8.09. The minimum atomic E-state index is -0.0785. The van der Waals surface area contributed by atoms with E-state index in [2.05, 4.69) is 10.6 Å². The van der Waals surface area contributed by atoms with Gasteiger partial charge in [-0.25, -0.2) is 0 Å². The Bertz CT molecular complexity index is 265. The third-order valence-corrected chi connectivity index (χ3v) is 4.04. The molecule has 98 valence electrons. The van der Waals surface area contributed by atoms with Gasteiger partial charge in [0, 0.05) is 19.3 Å². The number of nitrogens with one attached hydrogen (secondary N) is 2. The fourth-order valence-corrected chi connectivity index (χ4v) is 2.60. The van der Waals surface area contributed by atoms with Crippen molar-refractivity contribution >= 4 is 23.6 Å². The maximum absolute atomic E-state index is 11.5. The maximum Gasteiger partial charge on any atom is 0.241 e. The lowest BCUT2D eigenvalue weighted by molar-refractivity contribution is -0.130. The van der Waals surface area contributed by atoms with Crippen molar-refractivity contribution in [2.24, 2.45) is 0 Å². The smallest absolute Gasteiger partial charge is 0.241 e. The molecular formula is C11H21N3O2S. The summed E-state index contributed by atoms with van der Waals surface area (Å²) in [6, 6.07) is 0. The van der Waals surface area contributed by atoms with Gasteiger partial charge in [-0.3, -0.25) is 9.59 Å². The highest BCUT2D eigenvalue weighted by molar-refractivity contribution is 8.00. The zero-order valence-electron chi connectivity index (χ0n) is 10.5. The van der Waals surface area contributed by atoms with Crippen LogP contribution in [0.5, 0.6) is 0 Å². The van der Waals surface area contributed by atoms with Gasteiger partial charge in [0.1, 0.15) is 0 Å². The number of nitrogens with zero attached hydrogens (tertiary/aromatic N) is 1. The normalized spacial score (nSPS) is 16.6. The number of amides is 2. The van der Waals surface area contributed by atoms with E-state index in [0.29, 0.717) is 11.0 Å². The molecule has 0 aromatic carbocycles. The standard InChI is InChI=1S/C11H21N3O2S/c1-14(2)11(16)7-13-10(15)8-17-9-3-5-12-6-4-9/h9,12H,3-8H2,1-2H3,(H,13,15). The number of hydrogen-bond donors (Lipinski definition) is 2. The molecule has 2 amide bonds. The number of thioether (sulfide) groups is 1. The van der Waals surface area contributed by atoms with Crippen LogP contribution in [0, 0.1) is 0 Å². The topological polar surface area (TPSA) is 61.4 Å². The van der Waals surface area contributed by atoms with Crippen LogP contribution in [0.25, 0.3) is 0 Å². The summed E-state index contributed by atoms with van der Waals surface area (Å²) in [5.41, 5.74) is 0. The SMILES string of the molecule is CN(C)C(=O)CNC(=O)CSC1CCNCC1. The van der Waals surface area contributed by atoms with Crippen LogP contribution in [-0.4, -0.2) is 61.4 Å². The monoisotopic (exact) mass is 259 g/mol. The Labute approximate surface area is 107 Å². The number of piperidine rings is 1. The highest BCUT2D eigenvalue weighted by Gasteiger charge is 2.15. The number of carbonyl (C=O) groups excluding carboxylic acids is 2. The fourth-order valence-electron chi connectivity index (χ4n) is 1.54. The van der Waals surface area contributed by atoms with Crippen LogP contribution < -0.4 is 10.6 Å². The van der Waals surface area contributed by atoms with E-state index in [1.54, 1.807) is 25.9 Å². The van der Waals surface area contributed by atoms with Gasteiger partial charge in [0.05, 0.1) is 12.3 Å². The largest absolute Gasteiger partial charge is 0.347 e. The predicted octanol–water partition coefficient (Wildman–Crippen LogP) is -0.324. The summed E-state index contributed by atoms with van der Waals surface area (Å²) in [7, 11) is 3.36. The van der Waals surface area contributed by atoms with Crippen LogP contribution in [0.1, 0.15) is 12.8 Å². The summed E-state index contributed by atoms with van der Waals surface area (Å²) in [4.78, 5) is 24.2. The first-order valence-electron chi connectivity index (χ1n) is 5.88. The highest BCUT2D eigenvalue weighted by atomic mass is 32.2. The second kappa shape index (κ2) is 7.55. The maximum atomic E-state index is 11.5. The predicted molar refractivity (Wildman–Crippen MR) is 70.1 cm³/mol. The minimum Gasteiger partial charge on any atom is -0.347 e. The van der Waals surface area contributed by atoms with Crippen molar-refractivity contribution in [1.82, 2.24) is 15.5 Å². The van der Waals surface area contributed by atoms with E-state index in [1.807, 2.05) is 0 Å². The molecule has 2 N–H and O–H groups in total. The van der Waals surface area contributed by atoms with Crippen molar-refractivity contribution in [2.45, 2.75) is 18.1 Å². The summed E-state index contributed by atoms with van der Waals surface area (Å²) in [6.07, 6.45) is 2.24. The summed E-state index contributed by atoms with van der Waals surface area (Å²) >= 11 is 1.69. The van der Waals surface area contributed by atoms with E-state index in [4.69, 9.17) is 0 Å². The first kappa shape index (κ1) is 14.3. The van der Waals surface area contributed by atoms with Crippen molar-refractivity contribution < 1.29 is 9.59 Å². The van der Waals surface area contributed by atoms with Crippen molar-refractivity contribution in [3.05, 3.63) is 0 Å². The molecule has 6 heteroatoms. The second-order valence-corrected chi connectivity index (χ2v) is 5.61. The average Bonchev–Trinajstić information content (AvgIpc) is 2.34. The Hall–Kier alpha value is -0.750. The Balaban J connectivity index is 2.10. The number of carbonyl (C=O) groups is 2. The van der Waals surface area contributed by atoms with Gasteiger partial charge in [-0.15, -0.1) is 11.8 Å². The molecule has 0 unspecified atom stereocenters. The molecule has 1 aliphatic heterocycles. The highest BCUT2D eigenvalue weighted by Crippen LogP contribution is 2.19. The number of hydrogen-bond acceptors (Lipinski definition) is 4. The van der Waals surface area contributed by atoms with Crippen LogP contribution in [-0.2, 0) is 9.59 Å². The van der Waals surface area contributed by atoms with E-state index >= 15 is 0 Å². The molecule has 1 aliphatic rings. The molecule has 0 aromatic heterocycles. The van der Waals surface area contributed by atoms with Gasteiger partial charge in [0.2, 0.25) is 11.8 Å². The quantitative estimate of drug-likeness (QED) is 0.710. The van der Waals surface area contributed by atoms with E-state index in [-0.39, 0.29) is 18.4 Å². The summed E-state index contributed by atoms with van der Waals surface area (Å²) in [5.74, 6) is 0.319. The molecule has 0 saturated carbocycles. The van der Waals surface area contributed by atoms with Crippen LogP contribution in [0.3, 0.4) is 0 Å². The third-order valence-electron chi connectivity index (χ3n) is 2.67. The zero-order valence-corrected chi connectivity index (χ0v) is 11.3. The zero-order chi connectivity index (χ0) is 12.7. The molecule has 0 bridgehead atoms. The lowest BCUT2D eigenvalue weighted by atomic mass is 10.2. The molecule has 1 fully saturated rings. The Morgan fingerprint density at radius 2 is 2.00 bits per heavy atom. The molecular weight excluding hydrogens is 238 g/mol. The van der Waals surface area contributed by atoms with Crippen molar-refractivity contribution in [1.29, 1.82) is 0 Å². The van der Waals surface area contributed by atoms with E-state index in [9.17, 15) is 9.59 Å². The molecule has 0 aromatic rings. The Morgan fingerprint density at radius 3 is 2.59 bits per heavy atom. The molecule has 5 nitrogen and oxygen atoms in total. The van der Waals surface area contributed by atoms with E-state index in [1.165, 1.54) is 4.90 Å². The second-order valence-electron chi connectivity index (χ2n) is 4.33. The van der Waals surface area contributed by atoms with Crippen molar-refractivity contribution in [3.8, 4) is 0 Å². The average molecular weight is 259 g/mol. The van der Waals surface area contributed by atoms with Crippen LogP contribution >= 0.6 is 11.8 Å². The van der Waals surface area contributed by atoms with Gasteiger partial charge in [-0.1, -0.05) is 0 Å². The Kier molecular flexibility index (Phi) is 6.36. The van der Waals surface area contributed by atoms with Crippen LogP contribution in [0.15, 0.2) is 0 Å². The molecule has 0 aliphatic carbocycles. The molecule has 0 atom stereocenters. The number of likely N-dealkylation sites (N-methyl/N-ethyl adjacent to an activating group) is 1. The number of rotatable bonds is 5. The third kappa shape index (κ3) is 5.93. The molecule has 17 heavy (non-hydrogen) atoms. The lowest BCUT2D eigenvalue weighted by Crippen LogP contribution is -2.37. The van der Waals surface area contributed by atoms with Crippen molar-refractivity contribution in [3.63, 3.8) is 0 Å². The summed E-state index contributed by atoms with van der Waals surface area (Å²) in [6.45, 7) is 2.18. The first-order valence-corrected chi connectivity index (χ1v) is 6.93. The minimum absolute atomic E-state index is 0.0521. The Morgan fingerprint density at radius 1 is 1.35 bits per heavy atom. The summed E-state index contributed by atoms with van der Waals surface area (Å²) < 4.78 is 0. The van der Waals surface area contributed by atoms with Crippen LogP contribution in [0.4, 0.5) is 0 Å². The van der Waals surface area contributed by atoms with E-state index < -0.39 is 0 Å². The molecule has 1 heterocycles. The van der Waals surface area contributed by atoms with Crippen LogP contribution in [0.2, 0.25) is 0 Å². The fraction of sp³-hybridized carbons (Fsp3) is 0.818. The van der Waals surface area contributed by atoms with Gasteiger partial charge in [0.25, 0.3) is 0 Å². The van der Waals surface area contributed by atoms with Gasteiger partial charge < -0.3 is 15.5 Å². The lowest BCUT2D eigenvalue weighted by Gasteiger charge is -2.21. The summed E-state index contributed by atoms with van der Waals surface area (Å²) in [5, 5.41) is 6.50. The molecule has 0 spiro atoms. The molecule has 1 saturated heterocycles. The van der Waals surface area contributed by atoms with Gasteiger partial charge in [0.15, 0.2) is 0 Å². The van der Waals surface area contributed by atoms with Crippen molar-refractivity contribution in [2.75, 3.05) is 39.5 Å². The molecule has 1 rings (SSSR count). The van der Waals surface area contributed by atoms with Gasteiger partial charge >= 0.3 is 0 Å². The van der Waals surface area contributed by atoms with Gasteiger partial charge in [-0.05, 0) is 25.9 Å². The molecule has 0 radical (unpaired) electrons. The van der Waals surface area contributed by atoms with E-state index in [0.717, 1.165) is 25.9 Å².